The number of aryl methyl sites for hydroxylation is 1. The van der Waals surface area contributed by atoms with Gasteiger partial charge in [-0.1, -0.05) is 22.8 Å². The molecule has 27 heavy (non-hydrogen) atoms. The lowest BCUT2D eigenvalue weighted by atomic mass is 10.2. The number of alkyl halides is 2. The zero-order valence-corrected chi connectivity index (χ0v) is 15.3. The highest BCUT2D eigenvalue weighted by atomic mass is 35.5. The number of hydrogen-bond donors (Lipinski definition) is 1. The molecular formula is C18H16ClF2N3O3. The van der Waals surface area contributed by atoms with Crippen LogP contribution in [0.1, 0.15) is 11.5 Å². The van der Waals surface area contributed by atoms with Gasteiger partial charge in [-0.15, -0.1) is 0 Å². The van der Waals surface area contributed by atoms with E-state index in [1.54, 1.807) is 6.07 Å². The SMILES string of the molecule is COc1cc(-c2noc(CNc3ccc(C)cc3Cl)n2)ccc1OC(F)F. The highest BCUT2D eigenvalue weighted by Crippen LogP contribution is 2.32. The van der Waals surface area contributed by atoms with Crippen molar-refractivity contribution in [2.24, 2.45) is 0 Å². The lowest BCUT2D eigenvalue weighted by Crippen LogP contribution is -2.03. The fourth-order valence-electron chi connectivity index (χ4n) is 2.38. The molecule has 0 atom stereocenters. The Morgan fingerprint density at radius 1 is 1.19 bits per heavy atom. The molecule has 0 amide bonds. The second-order valence-electron chi connectivity index (χ2n) is 5.59. The Labute approximate surface area is 159 Å². The number of hydrogen-bond acceptors (Lipinski definition) is 6. The molecule has 1 aromatic heterocycles. The summed E-state index contributed by atoms with van der Waals surface area (Å²) in [4.78, 5) is 4.28. The van der Waals surface area contributed by atoms with Crippen molar-refractivity contribution in [1.29, 1.82) is 0 Å². The number of benzene rings is 2. The fourth-order valence-corrected chi connectivity index (χ4v) is 2.68. The Morgan fingerprint density at radius 2 is 2.00 bits per heavy atom. The van der Waals surface area contributed by atoms with E-state index in [9.17, 15) is 8.78 Å². The van der Waals surface area contributed by atoms with E-state index in [-0.39, 0.29) is 18.0 Å². The van der Waals surface area contributed by atoms with Crippen LogP contribution in [0.2, 0.25) is 5.02 Å². The maximum atomic E-state index is 12.4. The molecule has 142 valence electrons. The molecule has 6 nitrogen and oxygen atoms in total. The number of halogens is 3. The normalized spacial score (nSPS) is 10.9. The summed E-state index contributed by atoms with van der Waals surface area (Å²) in [5.74, 6) is 0.705. The molecule has 1 heterocycles. The smallest absolute Gasteiger partial charge is 0.387 e. The van der Waals surface area contributed by atoms with Gasteiger partial charge in [0, 0.05) is 5.56 Å². The van der Waals surface area contributed by atoms with Gasteiger partial charge in [-0.2, -0.15) is 13.8 Å². The molecule has 0 spiro atoms. The van der Waals surface area contributed by atoms with Gasteiger partial charge in [0.2, 0.25) is 11.7 Å². The van der Waals surface area contributed by atoms with E-state index in [0.29, 0.717) is 22.3 Å². The monoisotopic (exact) mass is 395 g/mol. The predicted molar refractivity (Wildman–Crippen MR) is 96.4 cm³/mol. The number of anilines is 1. The van der Waals surface area contributed by atoms with Gasteiger partial charge in [-0.3, -0.25) is 0 Å². The summed E-state index contributed by atoms with van der Waals surface area (Å²) in [5.41, 5.74) is 2.34. The van der Waals surface area contributed by atoms with Crippen LogP contribution >= 0.6 is 11.6 Å². The second kappa shape index (κ2) is 8.22. The van der Waals surface area contributed by atoms with Crippen molar-refractivity contribution in [3.05, 3.63) is 52.9 Å². The Morgan fingerprint density at radius 3 is 2.70 bits per heavy atom. The summed E-state index contributed by atoms with van der Waals surface area (Å²) in [6.45, 7) is -0.716. The van der Waals surface area contributed by atoms with Crippen LogP contribution in [0, 0.1) is 6.92 Å². The highest BCUT2D eigenvalue weighted by Gasteiger charge is 2.15. The van der Waals surface area contributed by atoms with Gasteiger partial charge < -0.3 is 19.3 Å². The molecule has 0 aliphatic heterocycles. The largest absolute Gasteiger partial charge is 0.493 e. The minimum Gasteiger partial charge on any atom is -0.493 e. The molecule has 0 radical (unpaired) electrons. The number of nitrogens with zero attached hydrogens (tertiary/aromatic N) is 2. The minimum atomic E-state index is -2.94. The summed E-state index contributed by atoms with van der Waals surface area (Å²) in [6.07, 6.45) is 0. The van der Waals surface area contributed by atoms with Crippen LogP contribution in [-0.2, 0) is 6.54 Å². The Balaban J connectivity index is 1.73. The first-order valence-electron chi connectivity index (χ1n) is 7.92. The van der Waals surface area contributed by atoms with Crippen LogP contribution in [0.15, 0.2) is 40.9 Å². The van der Waals surface area contributed by atoms with Crippen molar-refractivity contribution in [2.45, 2.75) is 20.1 Å². The Bertz CT molecular complexity index is 934. The van der Waals surface area contributed by atoms with E-state index in [4.69, 9.17) is 20.9 Å². The van der Waals surface area contributed by atoms with Crippen LogP contribution in [0.3, 0.4) is 0 Å². The molecule has 0 bridgehead atoms. The fraction of sp³-hybridized carbons (Fsp3) is 0.222. The third-order valence-electron chi connectivity index (χ3n) is 3.66. The predicted octanol–water partition coefficient (Wildman–Crippen LogP) is 4.92. The summed E-state index contributed by atoms with van der Waals surface area (Å²) in [7, 11) is 1.36. The highest BCUT2D eigenvalue weighted by molar-refractivity contribution is 6.33. The molecule has 0 unspecified atom stereocenters. The first kappa shape index (κ1) is 18.9. The molecule has 2 aromatic carbocycles. The zero-order valence-electron chi connectivity index (χ0n) is 14.5. The summed E-state index contributed by atoms with van der Waals surface area (Å²) in [6, 6.07) is 10.0. The van der Waals surface area contributed by atoms with Crippen LogP contribution in [0.25, 0.3) is 11.4 Å². The molecule has 9 heteroatoms. The Kier molecular flexibility index (Phi) is 5.75. The quantitative estimate of drug-likeness (QED) is 0.612. The number of rotatable bonds is 7. The lowest BCUT2D eigenvalue weighted by molar-refractivity contribution is -0.0512. The van der Waals surface area contributed by atoms with Gasteiger partial charge in [-0.25, -0.2) is 0 Å². The number of ether oxygens (including phenoxy) is 2. The van der Waals surface area contributed by atoms with Crippen molar-refractivity contribution in [1.82, 2.24) is 10.1 Å². The molecule has 0 aliphatic carbocycles. The summed E-state index contributed by atoms with van der Waals surface area (Å²) < 4.78 is 39.5. The van der Waals surface area contributed by atoms with Crippen LogP contribution < -0.4 is 14.8 Å². The standard InChI is InChI=1S/C18H16ClF2N3O3/c1-10-3-5-13(12(19)7-10)22-9-16-23-17(24-27-16)11-4-6-14(26-18(20)21)15(8-11)25-2/h3-8,18,22H,9H2,1-2H3. The van der Waals surface area contributed by atoms with Gasteiger partial charge in [0.25, 0.3) is 0 Å². The van der Waals surface area contributed by atoms with E-state index in [1.807, 2.05) is 25.1 Å². The van der Waals surface area contributed by atoms with Crippen LogP contribution in [0.4, 0.5) is 14.5 Å². The minimum absolute atomic E-state index is 0.0735. The summed E-state index contributed by atoms with van der Waals surface area (Å²) >= 11 is 6.17. The average molecular weight is 396 g/mol. The first-order valence-corrected chi connectivity index (χ1v) is 8.30. The molecule has 0 aliphatic rings. The van der Waals surface area contributed by atoms with Crippen molar-refractivity contribution >= 4 is 17.3 Å². The van der Waals surface area contributed by atoms with E-state index >= 15 is 0 Å². The van der Waals surface area contributed by atoms with Crippen molar-refractivity contribution in [2.75, 3.05) is 12.4 Å². The van der Waals surface area contributed by atoms with E-state index in [2.05, 4.69) is 20.2 Å². The van der Waals surface area contributed by atoms with Crippen molar-refractivity contribution < 1.29 is 22.8 Å². The van der Waals surface area contributed by atoms with E-state index < -0.39 is 6.61 Å². The maximum Gasteiger partial charge on any atom is 0.387 e. The van der Waals surface area contributed by atoms with Crippen LogP contribution in [-0.4, -0.2) is 23.9 Å². The van der Waals surface area contributed by atoms with Crippen molar-refractivity contribution in [3.63, 3.8) is 0 Å². The first-order chi connectivity index (χ1) is 13.0. The topological polar surface area (TPSA) is 69.4 Å². The summed E-state index contributed by atoms with van der Waals surface area (Å²) in [5, 5.41) is 7.61. The maximum absolute atomic E-state index is 12.4. The molecule has 0 fully saturated rings. The average Bonchev–Trinajstić information content (AvgIpc) is 3.10. The second-order valence-corrected chi connectivity index (χ2v) is 6.00. The van der Waals surface area contributed by atoms with Crippen molar-refractivity contribution in [3.8, 4) is 22.9 Å². The number of methoxy groups -OCH3 is 1. The molecule has 1 N–H and O–H groups in total. The lowest BCUT2D eigenvalue weighted by Gasteiger charge is -2.10. The van der Waals surface area contributed by atoms with E-state index in [1.165, 1.54) is 19.2 Å². The molecule has 0 saturated heterocycles. The third-order valence-corrected chi connectivity index (χ3v) is 3.97. The number of nitrogens with one attached hydrogen (secondary N) is 1. The van der Waals surface area contributed by atoms with Gasteiger partial charge in [0.15, 0.2) is 11.5 Å². The molecular weight excluding hydrogens is 380 g/mol. The Hall–Kier alpha value is -2.87. The molecule has 3 rings (SSSR count). The number of aromatic nitrogens is 2. The molecule has 3 aromatic rings. The van der Waals surface area contributed by atoms with Gasteiger partial charge in [0.1, 0.15) is 0 Å². The third kappa shape index (κ3) is 4.65. The van der Waals surface area contributed by atoms with Gasteiger partial charge in [-0.05, 0) is 42.8 Å². The van der Waals surface area contributed by atoms with Gasteiger partial charge in [0.05, 0.1) is 24.4 Å². The zero-order chi connectivity index (χ0) is 19.4. The molecule has 0 saturated carbocycles. The van der Waals surface area contributed by atoms with Crippen LogP contribution in [0.5, 0.6) is 11.5 Å². The van der Waals surface area contributed by atoms with Gasteiger partial charge >= 0.3 is 6.61 Å². The van der Waals surface area contributed by atoms with E-state index in [0.717, 1.165) is 11.3 Å².